The lowest BCUT2D eigenvalue weighted by Gasteiger charge is -2.22. The molecule has 1 aromatic carbocycles. The quantitative estimate of drug-likeness (QED) is 0.863. The Balaban J connectivity index is 1.84. The highest BCUT2D eigenvalue weighted by Crippen LogP contribution is 2.44. The van der Waals surface area contributed by atoms with Crippen LogP contribution in [0.5, 0.6) is 0 Å². The predicted molar refractivity (Wildman–Crippen MR) is 82.1 cm³/mol. The third-order valence-electron chi connectivity index (χ3n) is 4.97. The first-order valence-electron chi connectivity index (χ1n) is 7.62. The third-order valence-corrected chi connectivity index (χ3v) is 6.46. The van der Waals surface area contributed by atoms with Crippen LogP contribution in [0, 0.1) is 18.8 Å². The molecular formula is C16H21NO4S. The fraction of sp³-hybridized carbons (Fsp3) is 0.562. The van der Waals surface area contributed by atoms with Crippen LogP contribution in [0.3, 0.4) is 0 Å². The number of carbonyl (C=O) groups is 1. The Morgan fingerprint density at radius 1 is 1.27 bits per heavy atom. The van der Waals surface area contributed by atoms with Crippen LogP contribution < -0.4 is 4.72 Å². The smallest absolute Gasteiger partial charge is 0.338 e. The van der Waals surface area contributed by atoms with Crippen LogP contribution in [0.1, 0.15) is 41.6 Å². The number of hydrogen-bond donors (Lipinski definition) is 1. The molecule has 0 unspecified atom stereocenters. The molecule has 6 heteroatoms. The van der Waals surface area contributed by atoms with Gasteiger partial charge in [-0.3, -0.25) is 0 Å². The number of esters is 1. The average molecular weight is 323 g/mol. The number of benzene rings is 1. The molecule has 1 aromatic rings. The maximum absolute atomic E-state index is 12.6. The molecule has 2 aliphatic carbocycles. The zero-order valence-corrected chi connectivity index (χ0v) is 13.7. The minimum absolute atomic E-state index is 0.0339. The van der Waals surface area contributed by atoms with Crippen molar-refractivity contribution >= 4 is 16.0 Å². The lowest BCUT2D eigenvalue weighted by molar-refractivity contribution is 0.0599. The summed E-state index contributed by atoms with van der Waals surface area (Å²) in [6.07, 6.45) is 4.40. The summed E-state index contributed by atoms with van der Waals surface area (Å²) in [5, 5.41) is 0. The molecule has 2 aliphatic rings. The number of ether oxygens (including phenoxy) is 1. The summed E-state index contributed by atoms with van der Waals surface area (Å²) in [6.45, 7) is 1.76. The molecule has 0 aromatic heterocycles. The second-order valence-corrected chi connectivity index (χ2v) is 8.08. The molecule has 1 N–H and O–H groups in total. The maximum atomic E-state index is 12.6. The number of rotatable bonds is 4. The molecule has 2 saturated carbocycles. The third kappa shape index (κ3) is 2.77. The maximum Gasteiger partial charge on any atom is 0.338 e. The first kappa shape index (κ1) is 15.5. The highest BCUT2D eigenvalue weighted by atomic mass is 32.2. The van der Waals surface area contributed by atoms with Crippen molar-refractivity contribution in [3.8, 4) is 0 Å². The monoisotopic (exact) mass is 323 g/mol. The van der Waals surface area contributed by atoms with Crippen LogP contribution in [0.2, 0.25) is 0 Å². The lowest BCUT2D eigenvalue weighted by atomic mass is 9.96. The van der Waals surface area contributed by atoms with Gasteiger partial charge in [-0.15, -0.1) is 0 Å². The van der Waals surface area contributed by atoms with Crippen LogP contribution >= 0.6 is 0 Å². The molecule has 0 heterocycles. The molecule has 2 fully saturated rings. The minimum atomic E-state index is -3.60. The van der Waals surface area contributed by atoms with E-state index in [1.165, 1.54) is 25.7 Å². The van der Waals surface area contributed by atoms with Gasteiger partial charge in [-0.2, -0.15) is 0 Å². The number of fused-ring (bicyclic) bond motifs is 2. The van der Waals surface area contributed by atoms with Crippen molar-refractivity contribution in [2.75, 3.05) is 7.11 Å². The predicted octanol–water partition coefficient (Wildman–Crippen LogP) is 2.25. The van der Waals surface area contributed by atoms with E-state index in [4.69, 9.17) is 4.74 Å². The largest absolute Gasteiger partial charge is 0.465 e. The van der Waals surface area contributed by atoms with E-state index in [0.717, 1.165) is 19.3 Å². The molecule has 0 amide bonds. The number of sulfonamides is 1. The molecular weight excluding hydrogens is 302 g/mol. The first-order chi connectivity index (χ1) is 10.4. The van der Waals surface area contributed by atoms with Crippen molar-refractivity contribution in [3.05, 3.63) is 29.3 Å². The van der Waals surface area contributed by atoms with Gasteiger partial charge in [0.05, 0.1) is 17.6 Å². The van der Waals surface area contributed by atoms with E-state index in [2.05, 4.69) is 4.72 Å². The molecule has 0 saturated heterocycles. The SMILES string of the molecule is COC(=O)c1cc(S(=O)(=O)N[C@H]2C[C@H]3CC[C@@H]2C3)ccc1C. The summed E-state index contributed by atoms with van der Waals surface area (Å²) >= 11 is 0. The number of methoxy groups -OCH3 is 1. The standard InChI is InChI=1S/C16H21NO4S/c1-10-3-6-13(9-14(10)16(18)21-2)22(19,20)17-15-8-11-4-5-12(15)7-11/h3,6,9,11-12,15,17H,4-5,7-8H2,1-2H3/t11-,12+,15-/m0/s1. The second-order valence-electron chi connectivity index (χ2n) is 6.37. The van der Waals surface area contributed by atoms with Gasteiger partial charge in [0.1, 0.15) is 0 Å². The van der Waals surface area contributed by atoms with E-state index >= 15 is 0 Å². The number of hydrogen-bond acceptors (Lipinski definition) is 4. The topological polar surface area (TPSA) is 72.5 Å². The fourth-order valence-corrected chi connectivity index (χ4v) is 5.10. The highest BCUT2D eigenvalue weighted by molar-refractivity contribution is 7.89. The van der Waals surface area contributed by atoms with Crippen molar-refractivity contribution in [1.29, 1.82) is 0 Å². The van der Waals surface area contributed by atoms with Gasteiger partial charge in [0.2, 0.25) is 10.0 Å². The van der Waals surface area contributed by atoms with Crippen molar-refractivity contribution < 1.29 is 17.9 Å². The summed E-state index contributed by atoms with van der Waals surface area (Å²) in [6, 6.07) is 4.61. The summed E-state index contributed by atoms with van der Waals surface area (Å²) < 4.78 is 32.7. The van der Waals surface area contributed by atoms with Gasteiger partial charge in [0, 0.05) is 6.04 Å². The Bertz CT molecular complexity index is 698. The van der Waals surface area contributed by atoms with Crippen LogP contribution in [0.4, 0.5) is 0 Å². The molecule has 0 aliphatic heterocycles. The van der Waals surface area contributed by atoms with Crippen molar-refractivity contribution in [3.63, 3.8) is 0 Å². The van der Waals surface area contributed by atoms with Crippen LogP contribution in [-0.2, 0) is 14.8 Å². The van der Waals surface area contributed by atoms with Crippen LogP contribution in [0.15, 0.2) is 23.1 Å². The second kappa shape index (κ2) is 5.66. The Morgan fingerprint density at radius 3 is 2.64 bits per heavy atom. The molecule has 120 valence electrons. The fourth-order valence-electron chi connectivity index (χ4n) is 3.75. The van der Waals surface area contributed by atoms with E-state index in [1.807, 2.05) is 0 Å². The summed E-state index contributed by atoms with van der Waals surface area (Å²) in [5.74, 6) is 0.612. The zero-order chi connectivity index (χ0) is 15.9. The molecule has 2 bridgehead atoms. The van der Waals surface area contributed by atoms with Gasteiger partial charge < -0.3 is 4.74 Å². The summed E-state index contributed by atoms with van der Waals surface area (Å²) in [4.78, 5) is 11.9. The van der Waals surface area contributed by atoms with Gasteiger partial charge in [0.15, 0.2) is 0 Å². The average Bonchev–Trinajstić information content (AvgIpc) is 3.08. The van der Waals surface area contributed by atoms with Crippen LogP contribution in [0.25, 0.3) is 0 Å². The molecule has 22 heavy (non-hydrogen) atoms. The molecule has 0 spiro atoms. The van der Waals surface area contributed by atoms with Crippen molar-refractivity contribution in [1.82, 2.24) is 4.72 Å². The summed E-state index contributed by atoms with van der Waals surface area (Å²) in [5.41, 5.74) is 0.990. The highest BCUT2D eigenvalue weighted by Gasteiger charge is 2.41. The number of nitrogens with one attached hydrogen (secondary N) is 1. The Labute approximate surface area is 131 Å². The molecule has 3 atom stereocenters. The lowest BCUT2D eigenvalue weighted by Crippen LogP contribution is -2.38. The Morgan fingerprint density at radius 2 is 2.05 bits per heavy atom. The van der Waals surface area contributed by atoms with Crippen LogP contribution in [-0.4, -0.2) is 27.5 Å². The van der Waals surface area contributed by atoms with E-state index in [1.54, 1.807) is 13.0 Å². The number of aryl methyl sites for hydroxylation is 1. The van der Waals surface area contributed by atoms with E-state index in [-0.39, 0.29) is 10.9 Å². The Kier molecular flexibility index (Phi) is 3.99. The van der Waals surface area contributed by atoms with E-state index in [9.17, 15) is 13.2 Å². The van der Waals surface area contributed by atoms with Gasteiger partial charge >= 0.3 is 5.97 Å². The van der Waals surface area contributed by atoms with Gasteiger partial charge in [0.25, 0.3) is 0 Å². The first-order valence-corrected chi connectivity index (χ1v) is 9.10. The molecule has 5 nitrogen and oxygen atoms in total. The van der Waals surface area contributed by atoms with Gasteiger partial charge in [-0.05, 0) is 55.7 Å². The van der Waals surface area contributed by atoms with Gasteiger partial charge in [-0.25, -0.2) is 17.9 Å². The molecule has 3 rings (SSSR count). The zero-order valence-electron chi connectivity index (χ0n) is 12.8. The minimum Gasteiger partial charge on any atom is -0.465 e. The Hall–Kier alpha value is -1.40. The van der Waals surface area contributed by atoms with Gasteiger partial charge in [-0.1, -0.05) is 12.5 Å². The van der Waals surface area contributed by atoms with Crippen molar-refractivity contribution in [2.24, 2.45) is 11.8 Å². The number of carbonyl (C=O) groups excluding carboxylic acids is 1. The summed E-state index contributed by atoms with van der Waals surface area (Å²) in [7, 11) is -2.32. The van der Waals surface area contributed by atoms with E-state index in [0.29, 0.717) is 23.0 Å². The van der Waals surface area contributed by atoms with Crippen molar-refractivity contribution in [2.45, 2.75) is 43.5 Å². The molecule has 0 radical (unpaired) electrons. The van der Waals surface area contributed by atoms with E-state index < -0.39 is 16.0 Å². The normalized spacial score (nSPS) is 27.1.